The molecule has 1 saturated heterocycles. The van der Waals surface area contributed by atoms with Crippen LogP contribution in [-0.2, 0) is 10.2 Å². The van der Waals surface area contributed by atoms with Gasteiger partial charge >= 0.3 is 0 Å². The van der Waals surface area contributed by atoms with E-state index in [1.165, 1.54) is 12.1 Å². The number of carbonyl (C=O) groups excluding carboxylic acids is 1. The van der Waals surface area contributed by atoms with Crippen molar-refractivity contribution in [3.63, 3.8) is 0 Å². The first-order chi connectivity index (χ1) is 14.9. The van der Waals surface area contributed by atoms with Gasteiger partial charge in [-0.25, -0.2) is 8.78 Å². The van der Waals surface area contributed by atoms with Crippen LogP contribution in [-0.4, -0.2) is 37.0 Å². The first kappa shape index (κ1) is 20.6. The molecule has 31 heavy (non-hydrogen) atoms. The van der Waals surface area contributed by atoms with Crippen molar-refractivity contribution < 1.29 is 18.3 Å². The van der Waals surface area contributed by atoms with Crippen LogP contribution in [0.5, 0.6) is 5.75 Å². The maximum absolute atomic E-state index is 14.0. The molecule has 0 radical (unpaired) electrons. The summed E-state index contributed by atoms with van der Waals surface area (Å²) in [5.74, 6) is -0.526. The summed E-state index contributed by atoms with van der Waals surface area (Å²) in [7, 11) is 2.10. The number of fused-ring (bicyclic) bond motifs is 2. The van der Waals surface area contributed by atoms with Crippen molar-refractivity contribution in [1.82, 2.24) is 4.90 Å². The highest BCUT2D eigenvalue weighted by Crippen LogP contribution is 2.54. The molecule has 0 bridgehead atoms. The summed E-state index contributed by atoms with van der Waals surface area (Å²) in [6.07, 6.45) is 4.61. The zero-order valence-electron chi connectivity index (χ0n) is 17.3. The minimum absolute atomic E-state index is 0.0383. The molecule has 1 aliphatic carbocycles. The highest BCUT2D eigenvalue weighted by molar-refractivity contribution is 8.00. The molecule has 1 saturated carbocycles. The van der Waals surface area contributed by atoms with Gasteiger partial charge in [0.15, 0.2) is 0 Å². The van der Waals surface area contributed by atoms with E-state index in [2.05, 4.69) is 22.0 Å². The van der Waals surface area contributed by atoms with E-state index in [1.807, 2.05) is 12.1 Å². The highest BCUT2D eigenvalue weighted by atomic mass is 32.2. The number of hydrogen-bond acceptors (Lipinski definition) is 5. The molecule has 2 aromatic carbocycles. The predicted octanol–water partition coefficient (Wildman–Crippen LogP) is 4.93. The van der Waals surface area contributed by atoms with Crippen LogP contribution in [0.2, 0.25) is 0 Å². The molecule has 2 fully saturated rings. The summed E-state index contributed by atoms with van der Waals surface area (Å²) in [5.41, 5.74) is 1.98. The average Bonchev–Trinajstić information content (AvgIpc) is 3.01. The van der Waals surface area contributed by atoms with Gasteiger partial charge in [-0.1, -0.05) is 6.42 Å². The van der Waals surface area contributed by atoms with E-state index in [-0.39, 0.29) is 12.0 Å². The smallest absolute Gasteiger partial charge is 0.235 e. The minimum atomic E-state index is -0.617. The number of rotatable bonds is 5. The highest BCUT2D eigenvalue weighted by Gasteiger charge is 2.52. The summed E-state index contributed by atoms with van der Waals surface area (Å²) in [4.78, 5) is 15.4. The van der Waals surface area contributed by atoms with Crippen molar-refractivity contribution in [3.05, 3.63) is 47.5 Å². The summed E-state index contributed by atoms with van der Waals surface area (Å²) < 4.78 is 36.8. The first-order valence-electron chi connectivity index (χ1n) is 10.7. The van der Waals surface area contributed by atoms with Gasteiger partial charge in [0.1, 0.15) is 23.5 Å². The van der Waals surface area contributed by atoms with Gasteiger partial charge in [-0.15, -0.1) is 0 Å². The molecule has 8 heteroatoms. The van der Waals surface area contributed by atoms with E-state index in [0.29, 0.717) is 10.6 Å². The Morgan fingerprint density at radius 3 is 2.65 bits per heavy atom. The lowest BCUT2D eigenvalue weighted by Crippen LogP contribution is -2.40. The molecule has 2 N–H and O–H groups in total. The van der Waals surface area contributed by atoms with E-state index in [0.717, 1.165) is 80.1 Å². The van der Waals surface area contributed by atoms with Crippen molar-refractivity contribution in [1.29, 1.82) is 0 Å². The Morgan fingerprint density at radius 1 is 1.19 bits per heavy atom. The fraction of sp³-hybridized carbons (Fsp3) is 0.435. The number of carbonyl (C=O) groups is 1. The van der Waals surface area contributed by atoms with Crippen molar-refractivity contribution in [3.8, 4) is 5.75 Å². The number of halogens is 2. The van der Waals surface area contributed by atoms with Crippen molar-refractivity contribution in [2.75, 3.05) is 30.2 Å². The minimum Gasteiger partial charge on any atom is -0.488 e. The van der Waals surface area contributed by atoms with Crippen molar-refractivity contribution >= 4 is 29.2 Å². The van der Waals surface area contributed by atoms with Crippen LogP contribution in [0.25, 0.3) is 0 Å². The molecule has 0 atom stereocenters. The van der Waals surface area contributed by atoms with Crippen LogP contribution in [0.3, 0.4) is 0 Å². The van der Waals surface area contributed by atoms with Crippen molar-refractivity contribution in [2.24, 2.45) is 0 Å². The zero-order chi connectivity index (χ0) is 21.6. The van der Waals surface area contributed by atoms with Crippen LogP contribution in [0.4, 0.5) is 20.2 Å². The van der Waals surface area contributed by atoms with Crippen LogP contribution in [0.1, 0.15) is 37.7 Å². The van der Waals surface area contributed by atoms with Gasteiger partial charge in [0, 0.05) is 30.9 Å². The third-order valence-corrected chi connectivity index (χ3v) is 7.52. The number of piperidine rings is 1. The van der Waals surface area contributed by atoms with Gasteiger partial charge in [-0.05, 0) is 68.4 Å². The number of benzene rings is 2. The van der Waals surface area contributed by atoms with Crippen LogP contribution < -0.4 is 14.8 Å². The quantitative estimate of drug-likeness (QED) is 0.639. The fourth-order valence-corrected chi connectivity index (χ4v) is 5.25. The predicted molar refractivity (Wildman–Crippen MR) is 118 cm³/mol. The summed E-state index contributed by atoms with van der Waals surface area (Å²) in [6, 6.07) is 7.33. The number of anilines is 2. The molecule has 2 aromatic rings. The molecule has 5 rings (SSSR count). The topological polar surface area (TPSA) is 53.6 Å². The van der Waals surface area contributed by atoms with Crippen LogP contribution >= 0.6 is 11.9 Å². The van der Waals surface area contributed by atoms with Gasteiger partial charge in [0.05, 0.1) is 16.0 Å². The Kier molecular flexibility index (Phi) is 5.30. The third-order valence-electron chi connectivity index (χ3n) is 6.63. The fourth-order valence-electron chi connectivity index (χ4n) is 4.61. The molecule has 5 nitrogen and oxygen atoms in total. The van der Waals surface area contributed by atoms with Gasteiger partial charge in [0.2, 0.25) is 5.91 Å². The number of ether oxygens (including phenoxy) is 1. The van der Waals surface area contributed by atoms with E-state index in [1.54, 1.807) is 0 Å². The monoisotopic (exact) mass is 445 g/mol. The Labute approximate surface area is 184 Å². The Balaban J connectivity index is 1.44. The molecule has 0 unspecified atom stereocenters. The lowest BCUT2D eigenvalue weighted by molar-refractivity contribution is -0.123. The second-order valence-corrected chi connectivity index (χ2v) is 9.53. The number of nitrogens with one attached hydrogen (secondary N) is 2. The lowest BCUT2D eigenvalue weighted by Gasteiger charge is -2.36. The van der Waals surface area contributed by atoms with E-state index in [9.17, 15) is 13.6 Å². The number of nitrogens with zero attached hydrogens (tertiary/aromatic N) is 1. The van der Waals surface area contributed by atoms with Crippen LogP contribution in [0, 0.1) is 11.6 Å². The molecular formula is C23H25F2N3O2S. The van der Waals surface area contributed by atoms with Gasteiger partial charge in [0.25, 0.3) is 0 Å². The Bertz CT molecular complexity index is 1020. The maximum Gasteiger partial charge on any atom is 0.235 e. The third kappa shape index (κ3) is 3.76. The summed E-state index contributed by atoms with van der Waals surface area (Å²) in [5, 5.41) is 3.06. The molecule has 0 aromatic heterocycles. The normalized spacial score (nSPS) is 20.3. The molecule has 164 valence electrons. The second-order valence-electron chi connectivity index (χ2n) is 8.69. The van der Waals surface area contributed by atoms with Gasteiger partial charge in [-0.3, -0.25) is 4.79 Å². The number of hydrogen-bond donors (Lipinski definition) is 2. The van der Waals surface area contributed by atoms with Gasteiger partial charge in [-0.2, -0.15) is 0 Å². The average molecular weight is 446 g/mol. The SMILES string of the molecule is CN1CCC(Oc2cc(NSc3ccc(F)cc3F)cc3c2NC(=O)C32CCC2)CC1. The molecule has 2 aliphatic heterocycles. The van der Waals surface area contributed by atoms with Crippen LogP contribution in [0.15, 0.2) is 35.2 Å². The number of likely N-dealkylation sites (tertiary alicyclic amines) is 1. The van der Waals surface area contributed by atoms with E-state index in [4.69, 9.17) is 4.74 Å². The molecule has 1 spiro atoms. The van der Waals surface area contributed by atoms with Gasteiger partial charge < -0.3 is 19.7 Å². The molecule has 1 amide bonds. The Morgan fingerprint density at radius 2 is 1.97 bits per heavy atom. The molecule has 2 heterocycles. The Hall–Kier alpha value is -2.32. The summed E-state index contributed by atoms with van der Waals surface area (Å²) in [6.45, 7) is 1.95. The van der Waals surface area contributed by atoms with Crippen molar-refractivity contribution in [2.45, 2.75) is 48.5 Å². The second kappa shape index (κ2) is 7.98. The zero-order valence-corrected chi connectivity index (χ0v) is 18.2. The lowest BCUT2D eigenvalue weighted by atomic mass is 9.65. The largest absolute Gasteiger partial charge is 0.488 e. The molecule has 3 aliphatic rings. The molecular weight excluding hydrogens is 420 g/mol. The first-order valence-corrected chi connectivity index (χ1v) is 11.5. The van der Waals surface area contributed by atoms with E-state index >= 15 is 0 Å². The standard InChI is InChI=1S/C23H25F2N3O2S/c1-28-9-5-16(6-10-28)30-19-13-15(27-31-20-4-3-14(24)11-18(20)25)12-17-21(19)26-22(29)23(17)7-2-8-23/h3-4,11-13,16,27H,2,5-10H2,1H3,(H,26,29). The maximum atomic E-state index is 14.0. The number of amides is 1. The van der Waals surface area contributed by atoms with E-state index < -0.39 is 17.0 Å². The summed E-state index contributed by atoms with van der Waals surface area (Å²) >= 11 is 1.08.